The number of nitrogens with one attached hydrogen (secondary N) is 2. The van der Waals surface area contributed by atoms with Gasteiger partial charge in [-0.05, 0) is 41.5 Å². The van der Waals surface area contributed by atoms with Gasteiger partial charge in [-0.2, -0.15) is 0 Å². The Kier molecular flexibility index (Phi) is 3.72. The largest absolute Gasteiger partial charge is 0.325 e. The minimum atomic E-state index is -1.24. The van der Waals surface area contributed by atoms with Crippen molar-refractivity contribution in [2.45, 2.75) is 18.4 Å². The van der Waals surface area contributed by atoms with Gasteiger partial charge in [0.1, 0.15) is 11.1 Å². The molecule has 1 unspecified atom stereocenters. The Bertz CT molecular complexity index is 1140. The summed E-state index contributed by atoms with van der Waals surface area (Å²) in [5, 5.41) is 15.3. The average Bonchev–Trinajstić information content (AvgIpc) is 3.18. The summed E-state index contributed by atoms with van der Waals surface area (Å²) in [6, 6.07) is 12.4. The van der Waals surface area contributed by atoms with E-state index in [1.54, 1.807) is 35.0 Å². The second-order valence-corrected chi connectivity index (χ2v) is 7.72. The standard InChI is InChI=1S/C19H13Cl2N5O2/c20-11-3-1-10(2-4-11)9-26-17-16(24-25-26)19(8-15(27)23-17)13-7-12(21)5-6-14(13)22-18(19)28/h1-7H,8-9H2,(H,22,28)(H,23,27). The number of nitrogens with zero attached hydrogens (tertiary/aromatic N) is 3. The summed E-state index contributed by atoms with van der Waals surface area (Å²) in [4.78, 5) is 25.6. The molecule has 2 aliphatic rings. The summed E-state index contributed by atoms with van der Waals surface area (Å²) in [7, 11) is 0. The zero-order valence-corrected chi connectivity index (χ0v) is 15.9. The van der Waals surface area contributed by atoms with Crippen LogP contribution in [0.3, 0.4) is 0 Å². The lowest BCUT2D eigenvalue weighted by Gasteiger charge is -2.30. The molecule has 28 heavy (non-hydrogen) atoms. The molecule has 7 nitrogen and oxygen atoms in total. The van der Waals surface area contributed by atoms with E-state index in [1.807, 2.05) is 12.1 Å². The molecule has 2 aliphatic heterocycles. The quantitative estimate of drug-likeness (QED) is 0.674. The molecule has 2 aromatic carbocycles. The van der Waals surface area contributed by atoms with E-state index in [-0.39, 0.29) is 18.2 Å². The number of carbonyl (C=O) groups is 2. The van der Waals surface area contributed by atoms with Crippen LogP contribution in [0.1, 0.15) is 23.2 Å². The number of aromatic nitrogens is 3. The Morgan fingerprint density at radius 2 is 1.79 bits per heavy atom. The first-order chi connectivity index (χ1) is 13.5. The number of hydrogen-bond donors (Lipinski definition) is 2. The number of hydrogen-bond acceptors (Lipinski definition) is 4. The molecule has 0 saturated heterocycles. The van der Waals surface area contributed by atoms with E-state index in [9.17, 15) is 9.59 Å². The van der Waals surface area contributed by atoms with E-state index in [2.05, 4.69) is 20.9 Å². The first-order valence-corrected chi connectivity index (χ1v) is 9.33. The second-order valence-electron chi connectivity index (χ2n) is 6.85. The Morgan fingerprint density at radius 3 is 2.57 bits per heavy atom. The van der Waals surface area contributed by atoms with Gasteiger partial charge in [0.25, 0.3) is 0 Å². The maximum atomic E-state index is 13.0. The number of carbonyl (C=O) groups excluding carboxylic acids is 2. The first-order valence-electron chi connectivity index (χ1n) is 8.57. The van der Waals surface area contributed by atoms with Gasteiger partial charge >= 0.3 is 0 Å². The molecule has 1 aromatic heterocycles. The van der Waals surface area contributed by atoms with Crippen LogP contribution in [0.4, 0.5) is 11.5 Å². The highest BCUT2D eigenvalue weighted by Crippen LogP contribution is 2.49. The molecule has 0 radical (unpaired) electrons. The van der Waals surface area contributed by atoms with Crippen LogP contribution >= 0.6 is 23.2 Å². The minimum absolute atomic E-state index is 0.0567. The van der Waals surface area contributed by atoms with Crippen LogP contribution in [0.25, 0.3) is 0 Å². The molecule has 0 fully saturated rings. The van der Waals surface area contributed by atoms with Crippen LogP contribution in [0.15, 0.2) is 42.5 Å². The fourth-order valence-corrected chi connectivity index (χ4v) is 4.14. The van der Waals surface area contributed by atoms with E-state index < -0.39 is 5.41 Å². The number of halogens is 2. The van der Waals surface area contributed by atoms with Crippen molar-refractivity contribution in [3.05, 3.63) is 69.3 Å². The van der Waals surface area contributed by atoms with Crippen molar-refractivity contribution < 1.29 is 9.59 Å². The van der Waals surface area contributed by atoms with Crippen molar-refractivity contribution in [2.24, 2.45) is 0 Å². The number of rotatable bonds is 2. The fourth-order valence-electron chi connectivity index (χ4n) is 3.84. The van der Waals surface area contributed by atoms with Gasteiger partial charge in [0.2, 0.25) is 11.8 Å². The smallest absolute Gasteiger partial charge is 0.241 e. The topological polar surface area (TPSA) is 88.9 Å². The minimum Gasteiger partial charge on any atom is -0.325 e. The molecule has 0 aliphatic carbocycles. The predicted molar refractivity (Wildman–Crippen MR) is 105 cm³/mol. The summed E-state index contributed by atoms with van der Waals surface area (Å²) in [5.74, 6) is -0.177. The Labute approximate surface area is 169 Å². The Balaban J connectivity index is 1.65. The van der Waals surface area contributed by atoms with Crippen LogP contribution in [0, 0.1) is 0 Å². The predicted octanol–water partition coefficient (Wildman–Crippen LogP) is 3.21. The van der Waals surface area contributed by atoms with Gasteiger partial charge < -0.3 is 10.6 Å². The number of fused-ring (bicyclic) bond motifs is 4. The SMILES string of the molecule is O=C1CC2(C(=O)Nc3ccc(Cl)cc32)c2nnn(Cc3ccc(Cl)cc3)c2N1. The van der Waals surface area contributed by atoms with Crippen molar-refractivity contribution in [3.8, 4) is 0 Å². The van der Waals surface area contributed by atoms with E-state index >= 15 is 0 Å². The molecule has 5 rings (SSSR count). The molecule has 3 heterocycles. The zero-order chi connectivity index (χ0) is 19.5. The number of anilines is 2. The molecule has 9 heteroatoms. The second kappa shape index (κ2) is 6.05. The van der Waals surface area contributed by atoms with Gasteiger partial charge in [-0.15, -0.1) is 5.10 Å². The highest BCUT2D eigenvalue weighted by Gasteiger charge is 2.55. The Hall–Kier alpha value is -2.90. The fraction of sp³-hybridized carbons (Fsp3) is 0.158. The van der Waals surface area contributed by atoms with Crippen molar-refractivity contribution in [3.63, 3.8) is 0 Å². The summed E-state index contributed by atoms with van der Waals surface area (Å²) in [5.41, 5.74) is 1.38. The molecule has 1 atom stereocenters. The van der Waals surface area contributed by atoms with Crippen LogP contribution in [-0.4, -0.2) is 26.8 Å². The monoisotopic (exact) mass is 413 g/mol. The van der Waals surface area contributed by atoms with Crippen molar-refractivity contribution in [1.29, 1.82) is 0 Å². The summed E-state index contributed by atoms with van der Waals surface area (Å²) in [6.45, 7) is 0.375. The first kappa shape index (κ1) is 17.2. The van der Waals surface area contributed by atoms with Gasteiger partial charge in [0.15, 0.2) is 5.82 Å². The van der Waals surface area contributed by atoms with Crippen molar-refractivity contribution in [2.75, 3.05) is 10.6 Å². The van der Waals surface area contributed by atoms with Crippen molar-refractivity contribution in [1.82, 2.24) is 15.0 Å². The molecule has 2 amide bonds. The zero-order valence-electron chi connectivity index (χ0n) is 14.4. The lowest BCUT2D eigenvalue weighted by atomic mass is 9.74. The van der Waals surface area contributed by atoms with Crippen molar-refractivity contribution >= 4 is 46.5 Å². The normalized spacial score (nSPS) is 19.9. The summed E-state index contributed by atoms with van der Waals surface area (Å²) >= 11 is 12.1. The van der Waals surface area contributed by atoms with E-state index in [1.165, 1.54) is 0 Å². The van der Waals surface area contributed by atoms with Gasteiger partial charge in [-0.25, -0.2) is 4.68 Å². The molecule has 0 bridgehead atoms. The van der Waals surface area contributed by atoms with Crippen LogP contribution in [-0.2, 0) is 21.5 Å². The van der Waals surface area contributed by atoms with Crippen LogP contribution in [0.2, 0.25) is 10.0 Å². The van der Waals surface area contributed by atoms with Gasteiger partial charge in [-0.3, -0.25) is 9.59 Å². The lowest BCUT2D eigenvalue weighted by Crippen LogP contribution is -2.44. The number of amides is 2. The van der Waals surface area contributed by atoms with Crippen LogP contribution < -0.4 is 10.6 Å². The molecule has 0 saturated carbocycles. The molecule has 1 spiro atoms. The summed E-state index contributed by atoms with van der Waals surface area (Å²) < 4.78 is 1.58. The lowest BCUT2D eigenvalue weighted by molar-refractivity contribution is -0.125. The third kappa shape index (κ3) is 2.43. The summed E-state index contributed by atoms with van der Waals surface area (Å²) in [6.07, 6.45) is -0.0567. The maximum absolute atomic E-state index is 13.0. The van der Waals surface area contributed by atoms with E-state index in [0.29, 0.717) is 39.4 Å². The van der Waals surface area contributed by atoms with Gasteiger partial charge in [0, 0.05) is 15.7 Å². The molecular weight excluding hydrogens is 401 g/mol. The van der Waals surface area contributed by atoms with Crippen LogP contribution in [0.5, 0.6) is 0 Å². The third-order valence-corrected chi connectivity index (χ3v) is 5.63. The molecule has 2 N–H and O–H groups in total. The molecule has 3 aromatic rings. The average molecular weight is 414 g/mol. The van der Waals surface area contributed by atoms with Gasteiger partial charge in [0.05, 0.1) is 13.0 Å². The van der Waals surface area contributed by atoms with E-state index in [0.717, 1.165) is 5.56 Å². The Morgan fingerprint density at radius 1 is 1.04 bits per heavy atom. The highest BCUT2D eigenvalue weighted by molar-refractivity contribution is 6.31. The maximum Gasteiger partial charge on any atom is 0.241 e. The number of benzene rings is 2. The van der Waals surface area contributed by atoms with E-state index in [4.69, 9.17) is 23.2 Å². The highest BCUT2D eigenvalue weighted by atomic mass is 35.5. The van der Waals surface area contributed by atoms with Gasteiger partial charge in [-0.1, -0.05) is 40.5 Å². The molecule has 140 valence electrons. The third-order valence-electron chi connectivity index (χ3n) is 5.15. The molecular formula is C19H13Cl2N5O2.